The third kappa shape index (κ3) is 4.07. The fourth-order valence-corrected chi connectivity index (χ4v) is 7.78. The monoisotopic (exact) mass is 578 g/mol. The van der Waals surface area contributed by atoms with Crippen molar-refractivity contribution in [1.29, 1.82) is 0 Å². The zero-order valence-electron chi connectivity index (χ0n) is 23.8. The van der Waals surface area contributed by atoms with Crippen LogP contribution in [0, 0.1) is 0 Å². The van der Waals surface area contributed by atoms with Gasteiger partial charge in [-0.2, -0.15) is 0 Å². The molecule has 0 aliphatic rings. The van der Waals surface area contributed by atoms with E-state index in [1.165, 1.54) is 59.1 Å². The summed E-state index contributed by atoms with van der Waals surface area (Å²) in [6.07, 6.45) is 0. The zero-order chi connectivity index (χ0) is 29.0. The SMILES string of the molecule is c1ccc(-c2cccc(-c3ccccc3-c3cc(-c4ccc5c(c4)oc4ccccc45)cc4sc5ccccc5c34)c2)cc1. The summed E-state index contributed by atoms with van der Waals surface area (Å²) in [6, 6.07) is 56.8. The van der Waals surface area contributed by atoms with Crippen molar-refractivity contribution in [3.05, 3.63) is 158 Å². The van der Waals surface area contributed by atoms with Crippen molar-refractivity contribution in [2.75, 3.05) is 0 Å². The average Bonchev–Trinajstić information content (AvgIpc) is 3.66. The molecule has 1 nitrogen and oxygen atoms in total. The highest BCUT2D eigenvalue weighted by Gasteiger charge is 2.17. The quantitative estimate of drug-likeness (QED) is 0.202. The molecule has 0 radical (unpaired) electrons. The molecule has 0 atom stereocenters. The van der Waals surface area contributed by atoms with Crippen molar-refractivity contribution < 1.29 is 4.42 Å². The van der Waals surface area contributed by atoms with Gasteiger partial charge in [-0.25, -0.2) is 0 Å². The Bertz CT molecular complexity index is 2500. The lowest BCUT2D eigenvalue weighted by atomic mass is 9.89. The van der Waals surface area contributed by atoms with E-state index in [0.29, 0.717) is 0 Å². The highest BCUT2D eigenvalue weighted by atomic mass is 32.1. The third-order valence-corrected chi connectivity index (χ3v) is 9.81. The van der Waals surface area contributed by atoms with Crippen LogP contribution in [-0.2, 0) is 0 Å². The molecule has 0 aliphatic heterocycles. The Morgan fingerprint density at radius 2 is 1.02 bits per heavy atom. The van der Waals surface area contributed by atoms with Gasteiger partial charge >= 0.3 is 0 Å². The molecule has 0 aliphatic carbocycles. The first-order valence-electron chi connectivity index (χ1n) is 14.9. The van der Waals surface area contributed by atoms with Gasteiger partial charge in [0, 0.05) is 30.9 Å². The van der Waals surface area contributed by atoms with Gasteiger partial charge in [-0.3, -0.25) is 0 Å². The first-order chi connectivity index (χ1) is 21.8. The number of furan rings is 1. The van der Waals surface area contributed by atoms with E-state index in [2.05, 4.69) is 146 Å². The first-order valence-corrected chi connectivity index (χ1v) is 15.7. The predicted octanol–water partition coefficient (Wildman–Crippen LogP) is 12.6. The standard InChI is InChI=1S/C42H26OS/c1-2-11-27(12-3-1)28-13-10-14-30(23-28)32-15-4-5-16-33(32)37-24-31(26-41-42(37)36-18-7-9-20-40(36)44-41)29-21-22-35-34-17-6-8-19-38(34)43-39(35)25-29/h1-26H. The summed E-state index contributed by atoms with van der Waals surface area (Å²) in [5.74, 6) is 0. The van der Waals surface area contributed by atoms with Gasteiger partial charge in [-0.15, -0.1) is 11.3 Å². The normalized spacial score (nSPS) is 11.6. The maximum Gasteiger partial charge on any atom is 0.136 e. The molecule has 0 N–H and O–H groups in total. The lowest BCUT2D eigenvalue weighted by molar-refractivity contribution is 0.669. The van der Waals surface area contributed by atoms with Crippen LogP contribution in [0.5, 0.6) is 0 Å². The second kappa shape index (κ2) is 10.1. The molecule has 0 fully saturated rings. The van der Waals surface area contributed by atoms with Gasteiger partial charge in [0.2, 0.25) is 0 Å². The molecule has 0 bridgehead atoms. The number of para-hydroxylation sites is 1. The Balaban J connectivity index is 1.28. The third-order valence-electron chi connectivity index (χ3n) is 8.69. The maximum absolute atomic E-state index is 6.29. The Labute approximate surface area is 259 Å². The molecule has 7 aromatic carbocycles. The smallest absolute Gasteiger partial charge is 0.136 e. The molecule has 0 amide bonds. The number of rotatable bonds is 4. The molecule has 9 aromatic rings. The fourth-order valence-electron chi connectivity index (χ4n) is 6.61. The van der Waals surface area contributed by atoms with Crippen molar-refractivity contribution in [2.24, 2.45) is 0 Å². The van der Waals surface area contributed by atoms with E-state index in [4.69, 9.17) is 4.42 Å². The summed E-state index contributed by atoms with van der Waals surface area (Å²) >= 11 is 1.86. The Morgan fingerprint density at radius 3 is 1.93 bits per heavy atom. The van der Waals surface area contributed by atoms with Crippen molar-refractivity contribution in [2.45, 2.75) is 0 Å². The van der Waals surface area contributed by atoms with E-state index in [9.17, 15) is 0 Å². The second-order valence-corrected chi connectivity index (χ2v) is 12.4. The highest BCUT2D eigenvalue weighted by molar-refractivity contribution is 7.26. The summed E-state index contributed by atoms with van der Waals surface area (Å²) in [6.45, 7) is 0. The molecule has 206 valence electrons. The molecule has 2 heteroatoms. The highest BCUT2D eigenvalue weighted by Crippen LogP contribution is 2.46. The number of thiophene rings is 1. The van der Waals surface area contributed by atoms with Gasteiger partial charge in [0.15, 0.2) is 0 Å². The Kier molecular flexibility index (Phi) is 5.75. The summed E-state index contributed by atoms with van der Waals surface area (Å²) < 4.78 is 8.88. The van der Waals surface area contributed by atoms with Crippen LogP contribution in [0.25, 0.3) is 86.6 Å². The van der Waals surface area contributed by atoms with Crippen LogP contribution in [0.4, 0.5) is 0 Å². The van der Waals surface area contributed by atoms with E-state index in [-0.39, 0.29) is 0 Å². The number of benzene rings is 7. The molecule has 0 spiro atoms. The van der Waals surface area contributed by atoms with Crippen LogP contribution in [0.1, 0.15) is 0 Å². The van der Waals surface area contributed by atoms with Crippen LogP contribution in [-0.4, -0.2) is 0 Å². The topological polar surface area (TPSA) is 13.1 Å². The van der Waals surface area contributed by atoms with Gasteiger partial charge in [0.25, 0.3) is 0 Å². The van der Waals surface area contributed by atoms with Crippen LogP contribution < -0.4 is 0 Å². The van der Waals surface area contributed by atoms with Crippen LogP contribution >= 0.6 is 11.3 Å². The number of hydrogen-bond acceptors (Lipinski definition) is 2. The first kappa shape index (κ1) is 25.1. The second-order valence-electron chi connectivity index (χ2n) is 11.3. The van der Waals surface area contributed by atoms with Crippen LogP contribution in [0.2, 0.25) is 0 Å². The largest absolute Gasteiger partial charge is 0.456 e. The molecule has 0 unspecified atom stereocenters. The van der Waals surface area contributed by atoms with E-state index in [0.717, 1.165) is 27.5 Å². The van der Waals surface area contributed by atoms with Gasteiger partial charge in [0.1, 0.15) is 11.2 Å². The van der Waals surface area contributed by atoms with Gasteiger partial charge < -0.3 is 4.42 Å². The van der Waals surface area contributed by atoms with Crippen LogP contribution in [0.15, 0.2) is 162 Å². The molecule has 9 rings (SSSR count). The summed E-state index contributed by atoms with van der Waals surface area (Å²) in [5.41, 5.74) is 11.5. The maximum atomic E-state index is 6.29. The summed E-state index contributed by atoms with van der Waals surface area (Å²) in [5, 5.41) is 4.91. The van der Waals surface area contributed by atoms with E-state index in [1.807, 2.05) is 23.5 Å². The average molecular weight is 579 g/mol. The molecular weight excluding hydrogens is 553 g/mol. The minimum Gasteiger partial charge on any atom is -0.456 e. The van der Waals surface area contributed by atoms with Crippen molar-refractivity contribution >= 4 is 53.4 Å². The predicted molar refractivity (Wildman–Crippen MR) is 188 cm³/mol. The fraction of sp³-hybridized carbons (Fsp3) is 0. The zero-order valence-corrected chi connectivity index (χ0v) is 24.6. The van der Waals surface area contributed by atoms with Crippen molar-refractivity contribution in [3.63, 3.8) is 0 Å². The molecule has 0 saturated heterocycles. The van der Waals surface area contributed by atoms with Gasteiger partial charge in [0.05, 0.1) is 0 Å². The molecule has 2 heterocycles. The molecule has 2 aromatic heterocycles. The molecule has 44 heavy (non-hydrogen) atoms. The lowest BCUT2D eigenvalue weighted by Gasteiger charge is -2.15. The van der Waals surface area contributed by atoms with Crippen molar-refractivity contribution in [3.8, 4) is 44.5 Å². The van der Waals surface area contributed by atoms with E-state index in [1.54, 1.807) is 0 Å². The lowest BCUT2D eigenvalue weighted by Crippen LogP contribution is -1.89. The van der Waals surface area contributed by atoms with Gasteiger partial charge in [-0.1, -0.05) is 115 Å². The van der Waals surface area contributed by atoms with Crippen LogP contribution in [0.3, 0.4) is 0 Å². The number of hydrogen-bond donors (Lipinski definition) is 0. The minimum atomic E-state index is 0.916. The minimum absolute atomic E-state index is 0.916. The molecular formula is C42H26OS. The Morgan fingerprint density at radius 1 is 0.341 bits per heavy atom. The molecule has 0 saturated carbocycles. The van der Waals surface area contributed by atoms with Crippen molar-refractivity contribution in [1.82, 2.24) is 0 Å². The number of fused-ring (bicyclic) bond motifs is 6. The summed E-state index contributed by atoms with van der Waals surface area (Å²) in [4.78, 5) is 0. The van der Waals surface area contributed by atoms with E-state index >= 15 is 0 Å². The van der Waals surface area contributed by atoms with Gasteiger partial charge in [-0.05, 0) is 87.0 Å². The van der Waals surface area contributed by atoms with E-state index < -0.39 is 0 Å². The Hall–Kier alpha value is -5.44. The summed E-state index contributed by atoms with van der Waals surface area (Å²) in [7, 11) is 0.